The Kier molecular flexibility index (Phi) is 3.88. The highest BCUT2D eigenvalue weighted by Gasteiger charge is 2.11. The number of carboxylic acid groups (broad SMARTS) is 1. The van der Waals surface area contributed by atoms with Gasteiger partial charge in [0.25, 0.3) is 0 Å². The lowest BCUT2D eigenvalue weighted by atomic mass is 10.2. The Bertz CT molecular complexity index is 341. The molecule has 0 bridgehead atoms. The molecule has 3 nitrogen and oxygen atoms in total. The molecule has 0 radical (unpaired) electrons. The second kappa shape index (κ2) is 4.95. The summed E-state index contributed by atoms with van der Waals surface area (Å²) in [5.41, 5.74) is 0.0293. The second-order valence-corrected chi connectivity index (χ2v) is 3.40. The van der Waals surface area contributed by atoms with Gasteiger partial charge in [0.2, 0.25) is 0 Å². The highest BCUT2D eigenvalue weighted by molar-refractivity contribution is 9.10. The lowest BCUT2D eigenvalue weighted by Gasteiger charge is -2.07. The Labute approximate surface area is 88.6 Å². The van der Waals surface area contributed by atoms with Crippen molar-refractivity contribution in [2.75, 3.05) is 13.3 Å². The molecule has 14 heavy (non-hydrogen) atoms. The smallest absolute Gasteiger partial charge is 0.339 e. The maximum absolute atomic E-state index is 11.8. The molecule has 1 aromatic carbocycles. The number of aromatic carboxylic acids is 1. The minimum atomic E-state index is -1.09. The van der Waals surface area contributed by atoms with Gasteiger partial charge in [-0.1, -0.05) is 15.9 Å². The van der Waals surface area contributed by atoms with Crippen molar-refractivity contribution < 1.29 is 19.0 Å². The number of alkyl halides is 1. The number of rotatable bonds is 4. The van der Waals surface area contributed by atoms with E-state index in [-0.39, 0.29) is 17.9 Å². The molecule has 76 valence electrons. The first-order chi connectivity index (χ1) is 6.65. The van der Waals surface area contributed by atoms with Crippen molar-refractivity contribution in [3.05, 3.63) is 28.2 Å². The first-order valence-electron chi connectivity index (χ1n) is 3.86. The van der Waals surface area contributed by atoms with Gasteiger partial charge in [0.05, 0.1) is 0 Å². The fraction of sp³-hybridized carbons (Fsp3) is 0.222. The Morgan fingerprint density at radius 2 is 2.29 bits per heavy atom. The molecule has 0 aliphatic heterocycles. The van der Waals surface area contributed by atoms with E-state index < -0.39 is 12.6 Å². The molecule has 1 N–H and O–H groups in total. The largest absolute Gasteiger partial charge is 0.490 e. The number of carbonyl (C=O) groups is 1. The highest BCUT2D eigenvalue weighted by atomic mass is 79.9. The third-order valence-corrected chi connectivity index (χ3v) is 2.00. The van der Waals surface area contributed by atoms with Gasteiger partial charge in [0, 0.05) is 4.47 Å². The van der Waals surface area contributed by atoms with Gasteiger partial charge in [-0.3, -0.25) is 0 Å². The summed E-state index contributed by atoms with van der Waals surface area (Å²) in [5.74, 6) is -0.920. The molecule has 0 aliphatic carbocycles. The molecule has 1 aromatic rings. The van der Waals surface area contributed by atoms with E-state index in [2.05, 4.69) is 15.9 Å². The lowest BCUT2D eigenvalue weighted by molar-refractivity contribution is 0.0691. The summed E-state index contributed by atoms with van der Waals surface area (Å²) in [6, 6.07) is 4.49. The number of hydrogen-bond acceptors (Lipinski definition) is 2. The molecule has 0 amide bonds. The summed E-state index contributed by atoms with van der Waals surface area (Å²) in [4.78, 5) is 10.7. The topological polar surface area (TPSA) is 46.5 Å². The van der Waals surface area contributed by atoms with Crippen LogP contribution in [-0.2, 0) is 0 Å². The van der Waals surface area contributed by atoms with Crippen LogP contribution >= 0.6 is 15.9 Å². The van der Waals surface area contributed by atoms with Gasteiger partial charge in [-0.25, -0.2) is 9.18 Å². The number of hydrogen-bond donors (Lipinski definition) is 1. The average molecular weight is 263 g/mol. The average Bonchev–Trinajstić information content (AvgIpc) is 2.14. The van der Waals surface area contributed by atoms with E-state index in [4.69, 9.17) is 9.84 Å². The first kappa shape index (κ1) is 11.0. The van der Waals surface area contributed by atoms with Crippen molar-refractivity contribution >= 4 is 21.9 Å². The molecular formula is C9H8BrFO3. The molecule has 0 spiro atoms. The lowest BCUT2D eigenvalue weighted by Crippen LogP contribution is -2.05. The normalized spacial score (nSPS) is 9.86. The van der Waals surface area contributed by atoms with Crippen LogP contribution in [0.2, 0.25) is 0 Å². The summed E-state index contributed by atoms with van der Waals surface area (Å²) in [5, 5.41) is 8.77. The predicted molar refractivity (Wildman–Crippen MR) is 52.6 cm³/mol. The minimum absolute atomic E-state index is 0.0293. The van der Waals surface area contributed by atoms with E-state index in [0.29, 0.717) is 4.47 Å². The second-order valence-electron chi connectivity index (χ2n) is 2.48. The van der Waals surface area contributed by atoms with Crippen molar-refractivity contribution in [2.45, 2.75) is 0 Å². The summed E-state index contributed by atoms with van der Waals surface area (Å²) < 4.78 is 17.5. The van der Waals surface area contributed by atoms with Gasteiger partial charge in [-0.05, 0) is 18.2 Å². The summed E-state index contributed by atoms with van der Waals surface area (Å²) in [6.07, 6.45) is 0. The molecule has 0 saturated carbocycles. The predicted octanol–water partition coefficient (Wildman–Crippen LogP) is 2.50. The monoisotopic (exact) mass is 262 g/mol. The molecule has 0 saturated heterocycles. The molecule has 0 fully saturated rings. The number of halogens is 2. The van der Waals surface area contributed by atoms with E-state index in [0.717, 1.165) is 0 Å². The highest BCUT2D eigenvalue weighted by Crippen LogP contribution is 2.23. The van der Waals surface area contributed by atoms with E-state index in [9.17, 15) is 9.18 Å². The van der Waals surface area contributed by atoms with Crippen LogP contribution in [0.1, 0.15) is 10.4 Å². The molecular weight excluding hydrogens is 255 g/mol. The number of ether oxygens (including phenoxy) is 1. The van der Waals surface area contributed by atoms with Crippen LogP contribution in [0.3, 0.4) is 0 Å². The summed E-state index contributed by atoms with van der Waals surface area (Å²) >= 11 is 3.17. The molecule has 0 atom stereocenters. The third kappa shape index (κ3) is 2.70. The van der Waals surface area contributed by atoms with Crippen LogP contribution in [0.5, 0.6) is 5.75 Å². The van der Waals surface area contributed by atoms with Crippen molar-refractivity contribution in [3.8, 4) is 5.75 Å². The fourth-order valence-electron chi connectivity index (χ4n) is 0.941. The van der Waals surface area contributed by atoms with Gasteiger partial charge >= 0.3 is 5.97 Å². The fourth-order valence-corrected chi connectivity index (χ4v) is 1.28. The van der Waals surface area contributed by atoms with Crippen molar-refractivity contribution in [2.24, 2.45) is 0 Å². The van der Waals surface area contributed by atoms with Gasteiger partial charge in [0.1, 0.15) is 24.6 Å². The molecule has 0 heterocycles. The van der Waals surface area contributed by atoms with Crippen LogP contribution in [-0.4, -0.2) is 24.4 Å². The van der Waals surface area contributed by atoms with Gasteiger partial charge in [-0.2, -0.15) is 0 Å². The van der Waals surface area contributed by atoms with E-state index >= 15 is 0 Å². The van der Waals surface area contributed by atoms with Gasteiger partial charge in [-0.15, -0.1) is 0 Å². The molecule has 1 rings (SSSR count). The van der Waals surface area contributed by atoms with E-state index in [1.54, 1.807) is 6.07 Å². The van der Waals surface area contributed by atoms with Crippen LogP contribution in [0.25, 0.3) is 0 Å². The summed E-state index contributed by atoms with van der Waals surface area (Å²) in [6.45, 7) is -0.789. The van der Waals surface area contributed by atoms with Gasteiger partial charge < -0.3 is 9.84 Å². The number of carboxylic acids is 1. The molecule has 5 heteroatoms. The molecule has 0 aliphatic rings. The van der Waals surface area contributed by atoms with E-state index in [1.807, 2.05) is 0 Å². The Balaban J connectivity index is 2.97. The molecule has 0 unspecified atom stereocenters. The van der Waals surface area contributed by atoms with Crippen molar-refractivity contribution in [1.82, 2.24) is 0 Å². The maximum Gasteiger partial charge on any atom is 0.339 e. The van der Waals surface area contributed by atoms with Crippen molar-refractivity contribution in [1.29, 1.82) is 0 Å². The van der Waals surface area contributed by atoms with Crippen LogP contribution in [0, 0.1) is 0 Å². The third-order valence-electron chi connectivity index (χ3n) is 1.51. The first-order valence-corrected chi connectivity index (χ1v) is 4.66. The zero-order chi connectivity index (χ0) is 10.6. The zero-order valence-electron chi connectivity index (χ0n) is 7.17. The van der Waals surface area contributed by atoms with Crippen LogP contribution in [0.4, 0.5) is 4.39 Å². The summed E-state index contributed by atoms with van der Waals surface area (Å²) in [7, 11) is 0. The maximum atomic E-state index is 11.8. The Morgan fingerprint density at radius 3 is 2.86 bits per heavy atom. The van der Waals surface area contributed by atoms with Gasteiger partial charge in [0.15, 0.2) is 0 Å². The van der Waals surface area contributed by atoms with Crippen molar-refractivity contribution in [3.63, 3.8) is 0 Å². The number of benzene rings is 1. The quantitative estimate of drug-likeness (QED) is 0.907. The van der Waals surface area contributed by atoms with Crippen LogP contribution < -0.4 is 4.74 Å². The van der Waals surface area contributed by atoms with Crippen LogP contribution in [0.15, 0.2) is 22.7 Å². The van der Waals surface area contributed by atoms with E-state index in [1.165, 1.54) is 12.1 Å². The zero-order valence-corrected chi connectivity index (χ0v) is 8.75. The molecule has 0 aromatic heterocycles. The Hall–Kier alpha value is -1.10. The minimum Gasteiger partial charge on any atom is -0.490 e. The Morgan fingerprint density at radius 1 is 1.57 bits per heavy atom. The SMILES string of the molecule is O=C(O)c1ccc(Br)cc1OCCF. The standard InChI is InChI=1S/C9H8BrFO3/c10-6-1-2-7(9(12)13)8(5-6)14-4-3-11/h1-2,5H,3-4H2,(H,12,13).